The van der Waals surface area contributed by atoms with Crippen LogP contribution in [0.3, 0.4) is 0 Å². The third kappa shape index (κ3) is 4.22. The normalized spacial score (nSPS) is 40.3. The maximum absolute atomic E-state index is 11.9. The lowest BCUT2D eigenvalue weighted by Crippen LogP contribution is -2.66. The van der Waals surface area contributed by atoms with Crippen LogP contribution >= 0.6 is 0 Å². The summed E-state index contributed by atoms with van der Waals surface area (Å²) in [4.78, 5) is 23.3. The Morgan fingerprint density at radius 3 is 2.36 bits per heavy atom. The summed E-state index contributed by atoms with van der Waals surface area (Å²) in [6.07, 6.45) is 1.04. The minimum absolute atomic E-state index is 0.216. The zero-order chi connectivity index (χ0) is 19.0. The summed E-state index contributed by atoms with van der Waals surface area (Å²) >= 11 is 0. The van der Waals surface area contributed by atoms with Gasteiger partial charge in [0.25, 0.3) is 0 Å². The van der Waals surface area contributed by atoms with Crippen LogP contribution < -0.4 is 5.32 Å². The number of carbonyl (C=O) groups is 2. The molecule has 5 atom stereocenters. The average Bonchev–Trinajstić information content (AvgIpc) is 2.81. The van der Waals surface area contributed by atoms with Gasteiger partial charge in [0.1, 0.15) is 6.10 Å². The van der Waals surface area contributed by atoms with Gasteiger partial charge in [-0.05, 0) is 27.2 Å². The minimum Gasteiger partial charge on any atom is -0.459 e. The number of aliphatic hydroxyl groups is 1. The number of nitrogens with one attached hydrogen (secondary N) is 1. The fourth-order valence-electron chi connectivity index (χ4n) is 3.94. The molecule has 1 saturated heterocycles. The monoisotopic (exact) mass is 355 g/mol. The van der Waals surface area contributed by atoms with E-state index >= 15 is 0 Å². The first kappa shape index (κ1) is 19.9. The minimum atomic E-state index is -1.25. The molecule has 2 fully saturated rings. The zero-order valence-corrected chi connectivity index (χ0v) is 15.6. The van der Waals surface area contributed by atoms with Crippen LogP contribution in [0.25, 0.3) is 0 Å². The van der Waals surface area contributed by atoms with Gasteiger partial charge in [-0.25, -0.2) is 0 Å². The Morgan fingerprint density at radius 1 is 1.28 bits per heavy atom. The maximum atomic E-state index is 11.9. The summed E-state index contributed by atoms with van der Waals surface area (Å²) in [5.41, 5.74) is -2.12. The molecule has 0 radical (unpaired) electrons. The van der Waals surface area contributed by atoms with E-state index in [0.717, 1.165) is 0 Å². The lowest BCUT2D eigenvalue weighted by atomic mass is 9.63. The van der Waals surface area contributed by atoms with Gasteiger partial charge in [-0.15, -0.1) is 6.58 Å². The van der Waals surface area contributed by atoms with Crippen molar-refractivity contribution < 1.29 is 28.9 Å². The molecule has 7 nitrogen and oxygen atoms in total. The molecule has 1 saturated carbocycles. The van der Waals surface area contributed by atoms with E-state index in [1.165, 1.54) is 13.8 Å². The molecule has 0 aromatic carbocycles. The van der Waals surface area contributed by atoms with Gasteiger partial charge in [0, 0.05) is 26.2 Å². The molecule has 1 amide bonds. The Labute approximate surface area is 148 Å². The molecule has 25 heavy (non-hydrogen) atoms. The van der Waals surface area contributed by atoms with Crippen molar-refractivity contribution in [1.82, 2.24) is 5.32 Å². The quantitative estimate of drug-likeness (QED) is 0.583. The van der Waals surface area contributed by atoms with E-state index < -0.39 is 29.0 Å². The first-order valence-electron chi connectivity index (χ1n) is 8.54. The van der Waals surface area contributed by atoms with Gasteiger partial charge in [-0.1, -0.05) is 6.08 Å². The highest BCUT2D eigenvalue weighted by molar-refractivity contribution is 5.74. The molecular formula is C18H29NO6. The van der Waals surface area contributed by atoms with Crippen LogP contribution in [0.1, 0.15) is 47.5 Å². The van der Waals surface area contributed by atoms with Crippen LogP contribution in [0.15, 0.2) is 12.7 Å². The van der Waals surface area contributed by atoms with Crippen LogP contribution in [-0.4, -0.2) is 52.7 Å². The molecule has 1 heterocycles. The summed E-state index contributed by atoms with van der Waals surface area (Å²) in [5.74, 6) is -1.72. The molecule has 1 aliphatic heterocycles. The van der Waals surface area contributed by atoms with E-state index in [1.807, 2.05) is 13.8 Å². The SMILES string of the molecule is C=C[C@]1(NC(C)=O)C[C@@H](OC(C)=O)[C@@](C)(O)C[C@@H]1[C@H]1COC(C)(C)O1. The van der Waals surface area contributed by atoms with E-state index in [1.54, 1.807) is 13.0 Å². The van der Waals surface area contributed by atoms with Crippen LogP contribution in [-0.2, 0) is 23.8 Å². The second kappa shape index (κ2) is 6.70. The summed E-state index contributed by atoms with van der Waals surface area (Å²) < 4.78 is 17.0. The Bertz CT molecular complexity index is 558. The Balaban J connectivity index is 2.38. The van der Waals surface area contributed by atoms with Gasteiger partial charge in [0.15, 0.2) is 5.79 Å². The van der Waals surface area contributed by atoms with Crippen molar-refractivity contribution in [2.45, 2.75) is 76.6 Å². The third-order valence-corrected chi connectivity index (χ3v) is 5.07. The van der Waals surface area contributed by atoms with Crippen LogP contribution in [0.5, 0.6) is 0 Å². The Kier molecular flexibility index (Phi) is 5.33. The number of ether oxygens (including phenoxy) is 3. The molecule has 0 aromatic heterocycles. The number of esters is 1. The summed E-state index contributed by atoms with van der Waals surface area (Å²) in [5, 5.41) is 13.8. The second-order valence-corrected chi connectivity index (χ2v) is 7.76. The molecular weight excluding hydrogens is 326 g/mol. The maximum Gasteiger partial charge on any atom is 0.303 e. The lowest BCUT2D eigenvalue weighted by Gasteiger charge is -2.52. The van der Waals surface area contributed by atoms with Crippen LogP contribution in [0.4, 0.5) is 0 Å². The largest absolute Gasteiger partial charge is 0.459 e. The molecule has 2 aliphatic rings. The first-order chi connectivity index (χ1) is 11.4. The smallest absolute Gasteiger partial charge is 0.303 e. The Hall–Kier alpha value is -1.44. The van der Waals surface area contributed by atoms with Crippen LogP contribution in [0, 0.1) is 5.92 Å². The number of hydrogen-bond acceptors (Lipinski definition) is 6. The predicted molar refractivity (Wildman–Crippen MR) is 90.6 cm³/mol. The zero-order valence-electron chi connectivity index (χ0n) is 15.6. The van der Waals surface area contributed by atoms with Crippen molar-refractivity contribution in [3.05, 3.63) is 12.7 Å². The molecule has 142 valence electrons. The van der Waals surface area contributed by atoms with E-state index in [4.69, 9.17) is 14.2 Å². The van der Waals surface area contributed by atoms with Crippen molar-refractivity contribution >= 4 is 11.9 Å². The fourth-order valence-corrected chi connectivity index (χ4v) is 3.94. The van der Waals surface area contributed by atoms with Crippen molar-refractivity contribution in [2.24, 2.45) is 5.92 Å². The molecule has 0 bridgehead atoms. The number of hydrogen-bond donors (Lipinski definition) is 2. The topological polar surface area (TPSA) is 94.1 Å². The van der Waals surface area contributed by atoms with Gasteiger partial charge >= 0.3 is 5.97 Å². The molecule has 7 heteroatoms. The van der Waals surface area contributed by atoms with Crippen molar-refractivity contribution in [2.75, 3.05) is 6.61 Å². The van der Waals surface area contributed by atoms with Crippen molar-refractivity contribution in [3.8, 4) is 0 Å². The van der Waals surface area contributed by atoms with E-state index in [2.05, 4.69) is 11.9 Å². The van der Waals surface area contributed by atoms with Gasteiger partial charge in [-0.3, -0.25) is 9.59 Å². The van der Waals surface area contributed by atoms with Crippen molar-refractivity contribution in [3.63, 3.8) is 0 Å². The highest BCUT2D eigenvalue weighted by atomic mass is 16.7. The fraction of sp³-hybridized carbons (Fsp3) is 0.778. The van der Waals surface area contributed by atoms with E-state index in [-0.39, 0.29) is 30.8 Å². The highest BCUT2D eigenvalue weighted by Crippen LogP contribution is 2.46. The van der Waals surface area contributed by atoms with Gasteiger partial charge in [0.05, 0.1) is 23.9 Å². The first-order valence-corrected chi connectivity index (χ1v) is 8.54. The molecule has 0 unspecified atom stereocenters. The second-order valence-electron chi connectivity index (χ2n) is 7.76. The van der Waals surface area contributed by atoms with Crippen LogP contribution in [0.2, 0.25) is 0 Å². The third-order valence-electron chi connectivity index (χ3n) is 5.07. The Morgan fingerprint density at radius 2 is 1.92 bits per heavy atom. The molecule has 1 aliphatic carbocycles. The lowest BCUT2D eigenvalue weighted by molar-refractivity contribution is -0.188. The van der Waals surface area contributed by atoms with Gasteiger partial charge < -0.3 is 24.6 Å². The number of rotatable bonds is 4. The van der Waals surface area contributed by atoms with Gasteiger partial charge in [0.2, 0.25) is 5.91 Å². The molecule has 2 N–H and O–H groups in total. The van der Waals surface area contributed by atoms with Gasteiger partial charge in [-0.2, -0.15) is 0 Å². The molecule has 0 aromatic rings. The molecule has 2 rings (SSSR count). The summed E-state index contributed by atoms with van der Waals surface area (Å²) in [6, 6.07) is 0. The standard InChI is InChI=1S/C18H29NO6/c1-7-18(19-11(2)20)9-15(24-12(3)21)17(6,22)8-13(18)14-10-23-16(4,5)25-14/h7,13-15,22H,1,8-10H2,2-6H3,(H,19,20)/t13-,14-,15-,17+,18+/m1/s1. The molecule has 0 spiro atoms. The number of amides is 1. The summed E-state index contributed by atoms with van der Waals surface area (Å²) in [6.45, 7) is 12.2. The summed E-state index contributed by atoms with van der Waals surface area (Å²) in [7, 11) is 0. The highest BCUT2D eigenvalue weighted by Gasteiger charge is 2.57. The number of carbonyl (C=O) groups excluding carboxylic acids is 2. The van der Waals surface area contributed by atoms with E-state index in [0.29, 0.717) is 6.61 Å². The van der Waals surface area contributed by atoms with Crippen molar-refractivity contribution in [1.29, 1.82) is 0 Å². The predicted octanol–water partition coefficient (Wildman–Crippen LogP) is 1.29. The average molecular weight is 355 g/mol. The van der Waals surface area contributed by atoms with E-state index in [9.17, 15) is 14.7 Å².